The van der Waals surface area contributed by atoms with E-state index in [1.807, 2.05) is 0 Å². The van der Waals surface area contributed by atoms with Crippen LogP contribution in [0.4, 0.5) is 0 Å². The molecule has 2 N–H and O–H groups in total. The Bertz CT molecular complexity index is 596. The second-order valence-electron chi connectivity index (χ2n) is 5.49. The number of amides is 1. The molecule has 1 amide bonds. The summed E-state index contributed by atoms with van der Waals surface area (Å²) in [5.41, 5.74) is 6.40. The predicted molar refractivity (Wildman–Crippen MR) is 81.4 cm³/mol. The van der Waals surface area contributed by atoms with Gasteiger partial charge in [0.05, 0.1) is 10.6 Å². The first-order valence-corrected chi connectivity index (χ1v) is 8.91. The number of rotatable bonds is 6. The van der Waals surface area contributed by atoms with Gasteiger partial charge in [0, 0.05) is 26.1 Å². The summed E-state index contributed by atoms with van der Waals surface area (Å²) in [6.07, 6.45) is 1.50. The van der Waals surface area contributed by atoms with Crippen LogP contribution in [0.3, 0.4) is 0 Å². The molecule has 0 aliphatic carbocycles. The van der Waals surface area contributed by atoms with Gasteiger partial charge in [-0.3, -0.25) is 4.79 Å². The molecule has 1 saturated heterocycles. The molecule has 1 unspecified atom stereocenters. The normalized spacial score (nSPS) is 19.2. The summed E-state index contributed by atoms with van der Waals surface area (Å²) in [5, 5.41) is 0. The summed E-state index contributed by atoms with van der Waals surface area (Å²) in [6.45, 7) is 3.39. The molecule has 2 rings (SSSR count). The molecule has 21 heavy (non-hydrogen) atoms. The molecule has 0 bridgehead atoms. The molecule has 1 fully saturated rings. The van der Waals surface area contributed by atoms with E-state index >= 15 is 0 Å². The van der Waals surface area contributed by atoms with Crippen LogP contribution in [-0.2, 0) is 21.2 Å². The van der Waals surface area contributed by atoms with E-state index < -0.39 is 9.84 Å². The summed E-state index contributed by atoms with van der Waals surface area (Å²) in [5.74, 6) is 0.400. The van der Waals surface area contributed by atoms with Gasteiger partial charge in [-0.25, -0.2) is 8.42 Å². The quantitative estimate of drug-likeness (QED) is 0.855. The van der Waals surface area contributed by atoms with E-state index in [4.69, 9.17) is 5.73 Å². The molecular formula is C15H22N2O3S. The zero-order valence-corrected chi connectivity index (χ0v) is 13.1. The van der Waals surface area contributed by atoms with Gasteiger partial charge >= 0.3 is 0 Å². The van der Waals surface area contributed by atoms with Crippen LogP contribution in [0.25, 0.3) is 0 Å². The molecular weight excluding hydrogens is 288 g/mol. The molecule has 1 atom stereocenters. The van der Waals surface area contributed by atoms with Gasteiger partial charge in [0.25, 0.3) is 0 Å². The molecule has 1 aliphatic heterocycles. The molecule has 0 aromatic heterocycles. The number of sulfone groups is 1. The Kier molecular flexibility index (Phi) is 5.00. The first-order chi connectivity index (χ1) is 9.96. The van der Waals surface area contributed by atoms with E-state index in [-0.39, 0.29) is 18.2 Å². The Morgan fingerprint density at radius 3 is 2.48 bits per heavy atom. The number of hydrogen-bond acceptors (Lipinski definition) is 4. The minimum Gasteiger partial charge on any atom is -0.341 e. The number of nitrogens with zero attached hydrogens (tertiary/aromatic N) is 1. The fraction of sp³-hybridized carbons (Fsp3) is 0.533. The number of carbonyl (C=O) groups is 1. The van der Waals surface area contributed by atoms with Gasteiger partial charge < -0.3 is 10.6 Å². The van der Waals surface area contributed by atoms with Gasteiger partial charge in [0.2, 0.25) is 5.91 Å². The lowest BCUT2D eigenvalue weighted by Gasteiger charge is -2.16. The van der Waals surface area contributed by atoms with Crippen LogP contribution in [0.15, 0.2) is 29.2 Å². The van der Waals surface area contributed by atoms with Crippen LogP contribution < -0.4 is 5.73 Å². The number of benzene rings is 1. The van der Waals surface area contributed by atoms with Crippen molar-refractivity contribution in [2.24, 2.45) is 11.7 Å². The molecule has 0 spiro atoms. The lowest BCUT2D eigenvalue weighted by molar-refractivity contribution is -0.127. The van der Waals surface area contributed by atoms with Crippen molar-refractivity contribution in [3.63, 3.8) is 0 Å². The molecule has 0 radical (unpaired) electrons. The number of hydrogen-bond donors (Lipinski definition) is 1. The molecule has 0 saturated carbocycles. The number of nitrogens with two attached hydrogens (primary N) is 1. The average Bonchev–Trinajstić information content (AvgIpc) is 2.86. The highest BCUT2D eigenvalue weighted by molar-refractivity contribution is 7.91. The van der Waals surface area contributed by atoms with Crippen molar-refractivity contribution in [3.05, 3.63) is 29.8 Å². The van der Waals surface area contributed by atoms with E-state index in [0.29, 0.717) is 30.3 Å². The molecule has 1 aromatic carbocycles. The minimum absolute atomic E-state index is 0.0306. The fourth-order valence-corrected chi connectivity index (χ4v) is 3.77. The average molecular weight is 310 g/mol. The third-order valence-electron chi connectivity index (χ3n) is 4.02. The van der Waals surface area contributed by atoms with E-state index in [0.717, 1.165) is 12.0 Å². The van der Waals surface area contributed by atoms with Crippen molar-refractivity contribution in [3.8, 4) is 0 Å². The van der Waals surface area contributed by atoms with Crippen molar-refractivity contribution in [1.82, 2.24) is 4.90 Å². The van der Waals surface area contributed by atoms with Crippen LogP contribution in [0.1, 0.15) is 25.3 Å². The summed E-state index contributed by atoms with van der Waals surface area (Å²) < 4.78 is 24.6. The molecule has 6 heteroatoms. The summed E-state index contributed by atoms with van der Waals surface area (Å²) >= 11 is 0. The van der Waals surface area contributed by atoms with Gasteiger partial charge in [0.15, 0.2) is 9.84 Å². The second-order valence-corrected chi connectivity index (χ2v) is 7.59. The maximum atomic E-state index is 12.3. The smallest absolute Gasteiger partial charge is 0.222 e. The first kappa shape index (κ1) is 16.0. The van der Waals surface area contributed by atoms with Gasteiger partial charge in [-0.2, -0.15) is 0 Å². The maximum Gasteiger partial charge on any atom is 0.222 e. The first-order valence-electron chi connectivity index (χ1n) is 7.25. The van der Waals surface area contributed by atoms with Gasteiger partial charge in [0.1, 0.15) is 0 Å². The fourth-order valence-electron chi connectivity index (χ4n) is 2.52. The van der Waals surface area contributed by atoms with Crippen LogP contribution in [0.2, 0.25) is 0 Å². The Morgan fingerprint density at radius 2 is 1.95 bits per heavy atom. The predicted octanol–water partition coefficient (Wildman–Crippen LogP) is 1.18. The lowest BCUT2D eigenvalue weighted by Crippen LogP contribution is -2.30. The molecule has 1 heterocycles. The van der Waals surface area contributed by atoms with E-state index in [9.17, 15) is 13.2 Å². The van der Waals surface area contributed by atoms with E-state index in [2.05, 4.69) is 6.92 Å². The van der Waals surface area contributed by atoms with Crippen LogP contribution in [-0.4, -0.2) is 38.1 Å². The monoisotopic (exact) mass is 310 g/mol. The third-order valence-corrected chi connectivity index (χ3v) is 5.73. The molecule has 1 aromatic rings. The lowest BCUT2D eigenvalue weighted by atomic mass is 10.1. The van der Waals surface area contributed by atoms with E-state index in [1.165, 1.54) is 0 Å². The standard InChI is InChI=1S/C15H22N2O3S/c1-2-12-9-15(18)17(11-12)7-8-21(19,20)14-5-3-13(10-16)4-6-14/h3-6,12H,2,7-11,16H2,1H3. The van der Waals surface area contributed by atoms with E-state index in [1.54, 1.807) is 29.2 Å². The van der Waals surface area contributed by atoms with Crippen molar-refractivity contribution in [2.75, 3.05) is 18.8 Å². The van der Waals surface area contributed by atoms with Crippen LogP contribution >= 0.6 is 0 Å². The molecule has 116 valence electrons. The number of likely N-dealkylation sites (tertiary alicyclic amines) is 1. The highest BCUT2D eigenvalue weighted by Gasteiger charge is 2.29. The highest BCUT2D eigenvalue weighted by atomic mass is 32.2. The largest absolute Gasteiger partial charge is 0.341 e. The summed E-state index contributed by atoms with van der Waals surface area (Å²) in [7, 11) is -3.36. The minimum atomic E-state index is -3.36. The Balaban J connectivity index is 1.99. The highest BCUT2D eigenvalue weighted by Crippen LogP contribution is 2.21. The van der Waals surface area contributed by atoms with Crippen LogP contribution in [0, 0.1) is 5.92 Å². The summed E-state index contributed by atoms with van der Waals surface area (Å²) in [6, 6.07) is 6.61. The Morgan fingerprint density at radius 1 is 1.29 bits per heavy atom. The van der Waals surface area contributed by atoms with Crippen molar-refractivity contribution >= 4 is 15.7 Å². The zero-order chi connectivity index (χ0) is 15.5. The SMILES string of the molecule is CCC1CC(=O)N(CCS(=O)(=O)c2ccc(CN)cc2)C1. The Hall–Kier alpha value is -1.40. The Labute approximate surface area is 126 Å². The number of carbonyl (C=O) groups excluding carboxylic acids is 1. The second kappa shape index (κ2) is 6.58. The van der Waals surface area contributed by atoms with Gasteiger partial charge in [-0.05, 0) is 23.6 Å². The molecule has 5 nitrogen and oxygen atoms in total. The van der Waals surface area contributed by atoms with Crippen molar-refractivity contribution in [2.45, 2.75) is 31.2 Å². The third kappa shape index (κ3) is 3.83. The molecule has 1 aliphatic rings. The van der Waals surface area contributed by atoms with Crippen molar-refractivity contribution in [1.29, 1.82) is 0 Å². The zero-order valence-electron chi connectivity index (χ0n) is 12.3. The summed E-state index contributed by atoms with van der Waals surface area (Å²) in [4.78, 5) is 13.8. The van der Waals surface area contributed by atoms with Gasteiger partial charge in [-0.1, -0.05) is 25.5 Å². The topological polar surface area (TPSA) is 80.5 Å². The maximum absolute atomic E-state index is 12.3. The van der Waals surface area contributed by atoms with Gasteiger partial charge in [-0.15, -0.1) is 0 Å². The van der Waals surface area contributed by atoms with Crippen molar-refractivity contribution < 1.29 is 13.2 Å². The van der Waals surface area contributed by atoms with Crippen LogP contribution in [0.5, 0.6) is 0 Å².